The van der Waals surface area contributed by atoms with Gasteiger partial charge in [-0.2, -0.15) is 0 Å². The van der Waals surface area contributed by atoms with Crippen molar-refractivity contribution in [2.45, 2.75) is 25.0 Å². The van der Waals surface area contributed by atoms with E-state index in [2.05, 4.69) is 4.90 Å². The number of fused-ring (bicyclic) bond motifs is 1. The Morgan fingerprint density at radius 2 is 1.75 bits per heavy atom. The number of nitrogens with zero attached hydrogens (tertiary/aromatic N) is 2. The number of carbonyl (C=O) groups is 2. The molecule has 1 saturated heterocycles. The standard InChI is InChI=1S/C20H22N2O7S3/c1-4-21-14-7-12(10-28-26-2)13(11-29-27-3)8-16(14)31-17(21)6-5-15-19(25)22(9-18(23)24)20(30)32-15/h5-8H,4,9-11H2,1-3H3,(H,23,24)/b15-5+,17-6-. The topological polar surface area (TPSA) is 97.8 Å². The number of benzene rings is 1. The quantitative estimate of drug-likeness (QED) is 0.222. The molecule has 0 aliphatic carbocycles. The summed E-state index contributed by atoms with van der Waals surface area (Å²) in [7, 11) is 2.90. The highest BCUT2D eigenvalue weighted by molar-refractivity contribution is 8.26. The zero-order chi connectivity index (χ0) is 23.3. The summed E-state index contributed by atoms with van der Waals surface area (Å²) >= 11 is 7.80. The van der Waals surface area contributed by atoms with Crippen LogP contribution in [-0.4, -0.2) is 53.5 Å². The van der Waals surface area contributed by atoms with Crippen molar-refractivity contribution >= 4 is 57.6 Å². The molecule has 0 bridgehead atoms. The maximum absolute atomic E-state index is 12.5. The number of carboxylic acid groups (broad SMARTS) is 1. The Morgan fingerprint density at radius 3 is 2.34 bits per heavy atom. The molecule has 32 heavy (non-hydrogen) atoms. The van der Waals surface area contributed by atoms with Gasteiger partial charge in [-0.25, -0.2) is 19.6 Å². The van der Waals surface area contributed by atoms with E-state index in [1.165, 1.54) is 14.2 Å². The van der Waals surface area contributed by atoms with Gasteiger partial charge < -0.3 is 10.0 Å². The molecule has 9 nitrogen and oxygen atoms in total. The summed E-state index contributed by atoms with van der Waals surface area (Å²) in [5.41, 5.74) is 2.81. The van der Waals surface area contributed by atoms with E-state index in [0.29, 0.717) is 11.4 Å². The molecular weight excluding hydrogens is 476 g/mol. The summed E-state index contributed by atoms with van der Waals surface area (Å²) in [4.78, 5) is 47.8. The Balaban J connectivity index is 1.87. The molecule has 0 atom stereocenters. The van der Waals surface area contributed by atoms with Crippen molar-refractivity contribution < 1.29 is 34.2 Å². The number of thiocarbonyl (C=S) groups is 1. The van der Waals surface area contributed by atoms with Crippen molar-refractivity contribution in [3.05, 3.63) is 45.3 Å². The van der Waals surface area contributed by atoms with Crippen LogP contribution in [0.25, 0.3) is 0 Å². The molecule has 2 aliphatic heterocycles. The lowest BCUT2D eigenvalue weighted by Crippen LogP contribution is -2.33. The second-order valence-corrected chi connectivity index (χ2v) is 9.22. The van der Waals surface area contributed by atoms with Crippen LogP contribution in [0, 0.1) is 0 Å². The number of allylic oxidation sites excluding steroid dienone is 2. The van der Waals surface area contributed by atoms with E-state index in [9.17, 15) is 9.59 Å². The van der Waals surface area contributed by atoms with Gasteiger partial charge in [0.25, 0.3) is 5.91 Å². The maximum Gasteiger partial charge on any atom is 0.323 e. The van der Waals surface area contributed by atoms with Gasteiger partial charge in [0.2, 0.25) is 0 Å². The van der Waals surface area contributed by atoms with Crippen LogP contribution in [0.2, 0.25) is 0 Å². The van der Waals surface area contributed by atoms with E-state index >= 15 is 0 Å². The summed E-state index contributed by atoms with van der Waals surface area (Å²) in [6, 6.07) is 4.04. The minimum absolute atomic E-state index is 0.238. The predicted octanol–water partition coefficient (Wildman–Crippen LogP) is 3.44. The molecule has 2 aliphatic rings. The molecule has 1 fully saturated rings. The lowest BCUT2D eigenvalue weighted by molar-refractivity contribution is -0.287. The molecule has 3 rings (SSSR count). The number of hydrogen-bond acceptors (Lipinski definition) is 10. The summed E-state index contributed by atoms with van der Waals surface area (Å²) in [6.07, 6.45) is 3.53. The van der Waals surface area contributed by atoms with Gasteiger partial charge in [-0.05, 0) is 42.3 Å². The fourth-order valence-electron chi connectivity index (χ4n) is 3.13. The Kier molecular flexibility index (Phi) is 8.71. The van der Waals surface area contributed by atoms with Gasteiger partial charge in [0.1, 0.15) is 24.1 Å². The first-order chi connectivity index (χ1) is 15.4. The van der Waals surface area contributed by atoms with Gasteiger partial charge in [-0.1, -0.05) is 35.7 Å². The van der Waals surface area contributed by atoms with E-state index < -0.39 is 18.4 Å². The van der Waals surface area contributed by atoms with Gasteiger partial charge in [-0.15, -0.1) is 0 Å². The van der Waals surface area contributed by atoms with Crippen molar-refractivity contribution in [1.29, 1.82) is 0 Å². The van der Waals surface area contributed by atoms with Crippen molar-refractivity contribution in [2.75, 3.05) is 32.2 Å². The van der Waals surface area contributed by atoms with Crippen molar-refractivity contribution in [3.63, 3.8) is 0 Å². The smallest absolute Gasteiger partial charge is 0.323 e. The molecule has 1 aromatic carbocycles. The Morgan fingerprint density at radius 1 is 1.09 bits per heavy atom. The summed E-state index contributed by atoms with van der Waals surface area (Å²) < 4.78 is 0.238. The highest BCUT2D eigenvalue weighted by Gasteiger charge is 2.33. The third kappa shape index (κ3) is 5.52. The predicted molar refractivity (Wildman–Crippen MR) is 125 cm³/mol. The lowest BCUT2D eigenvalue weighted by atomic mass is 10.1. The minimum Gasteiger partial charge on any atom is -0.480 e. The molecule has 1 aromatic rings. The van der Waals surface area contributed by atoms with Crippen molar-refractivity contribution in [1.82, 2.24) is 4.90 Å². The fourth-order valence-corrected chi connectivity index (χ4v) is 5.50. The highest BCUT2D eigenvalue weighted by Crippen LogP contribution is 2.47. The normalized spacial score (nSPS) is 18.3. The number of amides is 1. The zero-order valence-corrected chi connectivity index (χ0v) is 20.1. The number of aliphatic carboxylic acids is 1. The fraction of sp³-hybridized carbons (Fsp3) is 0.350. The van der Waals surface area contributed by atoms with E-state index in [-0.39, 0.29) is 17.5 Å². The number of thioether (sulfide) groups is 2. The maximum atomic E-state index is 12.5. The first-order valence-corrected chi connectivity index (χ1v) is 11.5. The van der Waals surface area contributed by atoms with Crippen LogP contribution in [0.1, 0.15) is 18.1 Å². The van der Waals surface area contributed by atoms with Crippen LogP contribution in [0.4, 0.5) is 5.69 Å². The molecule has 172 valence electrons. The van der Waals surface area contributed by atoms with Crippen molar-refractivity contribution in [2.24, 2.45) is 0 Å². The third-order valence-electron chi connectivity index (χ3n) is 4.58. The number of rotatable bonds is 10. The number of anilines is 1. The molecule has 2 heterocycles. The first kappa shape index (κ1) is 24.7. The van der Waals surface area contributed by atoms with Crippen LogP contribution in [-0.2, 0) is 42.4 Å². The average molecular weight is 499 g/mol. The SMILES string of the molecule is CCN1/C(=C/C=C2/SC(=S)N(CC(=O)O)C2=O)Sc2cc(COOC)c(COOC)cc21. The number of carbonyl (C=O) groups excluding carboxylic acids is 1. The Labute approximate surface area is 199 Å². The van der Waals surface area contributed by atoms with Gasteiger partial charge in [0.05, 0.1) is 29.8 Å². The van der Waals surface area contributed by atoms with E-state index in [0.717, 1.165) is 43.4 Å². The Hall–Kier alpha value is -1.93. The van der Waals surface area contributed by atoms with E-state index in [1.807, 2.05) is 25.1 Å². The van der Waals surface area contributed by atoms with Gasteiger partial charge >= 0.3 is 5.97 Å². The summed E-state index contributed by atoms with van der Waals surface area (Å²) in [5, 5.41) is 9.91. The van der Waals surface area contributed by atoms with E-state index in [1.54, 1.807) is 17.8 Å². The molecular formula is C20H22N2O7S3. The Bertz CT molecular complexity index is 980. The molecule has 0 spiro atoms. The van der Waals surface area contributed by atoms with Gasteiger partial charge in [-0.3, -0.25) is 14.5 Å². The second-order valence-electron chi connectivity index (χ2n) is 6.48. The average Bonchev–Trinajstić information content (AvgIpc) is 3.24. The lowest BCUT2D eigenvalue weighted by Gasteiger charge is -2.19. The molecule has 0 saturated carbocycles. The van der Waals surface area contributed by atoms with Gasteiger partial charge in [0, 0.05) is 11.4 Å². The van der Waals surface area contributed by atoms with Crippen LogP contribution < -0.4 is 4.90 Å². The summed E-state index contributed by atoms with van der Waals surface area (Å²) in [5.74, 6) is -1.51. The van der Waals surface area contributed by atoms with Crippen LogP contribution in [0.3, 0.4) is 0 Å². The summed E-state index contributed by atoms with van der Waals surface area (Å²) in [6.45, 7) is 2.79. The molecule has 1 N–H and O–H groups in total. The third-order valence-corrected chi connectivity index (χ3v) is 7.09. The number of hydrogen-bond donors (Lipinski definition) is 1. The van der Waals surface area contributed by atoms with Crippen LogP contribution in [0.5, 0.6) is 0 Å². The molecule has 12 heteroatoms. The molecule has 1 amide bonds. The van der Waals surface area contributed by atoms with Gasteiger partial charge in [0.15, 0.2) is 0 Å². The first-order valence-electron chi connectivity index (χ1n) is 9.49. The van der Waals surface area contributed by atoms with Crippen LogP contribution in [0.15, 0.2) is 39.1 Å². The molecule has 0 unspecified atom stereocenters. The zero-order valence-electron chi connectivity index (χ0n) is 17.7. The number of carboxylic acids is 1. The van der Waals surface area contributed by atoms with E-state index in [4.69, 9.17) is 36.9 Å². The minimum atomic E-state index is -1.11. The molecule has 0 aromatic heterocycles. The van der Waals surface area contributed by atoms with Crippen molar-refractivity contribution in [3.8, 4) is 0 Å². The largest absolute Gasteiger partial charge is 0.480 e. The monoisotopic (exact) mass is 498 g/mol. The molecule has 0 radical (unpaired) electrons. The van der Waals surface area contributed by atoms with Crippen LogP contribution >= 0.6 is 35.7 Å². The second kappa shape index (κ2) is 11.3. The highest BCUT2D eigenvalue weighted by atomic mass is 32.2.